The van der Waals surface area contributed by atoms with E-state index < -0.39 is 0 Å². The Morgan fingerprint density at radius 2 is 2.18 bits per heavy atom. The number of thioether (sulfide) groups is 1. The maximum Gasteiger partial charge on any atom is 0.0644 e. The minimum absolute atomic E-state index is 0.122. The van der Waals surface area contributed by atoms with Crippen LogP contribution >= 0.6 is 11.8 Å². The van der Waals surface area contributed by atoms with Crippen molar-refractivity contribution in [2.75, 3.05) is 24.2 Å². The van der Waals surface area contributed by atoms with E-state index >= 15 is 0 Å². The number of nitrogens with two attached hydrogens (primary N) is 1. The summed E-state index contributed by atoms with van der Waals surface area (Å²) in [6.07, 6.45) is 1.18. The molecule has 2 rings (SSSR count). The average molecular weight is 250 g/mol. The normalized spacial score (nSPS) is 28.4. The van der Waals surface area contributed by atoms with Gasteiger partial charge in [0, 0.05) is 24.5 Å². The summed E-state index contributed by atoms with van der Waals surface area (Å²) in [6.45, 7) is 5.20. The third kappa shape index (κ3) is 2.06. The minimum atomic E-state index is 0.122. The van der Waals surface area contributed by atoms with Gasteiger partial charge in [-0.3, -0.25) is 0 Å². The van der Waals surface area contributed by atoms with Crippen LogP contribution in [0.25, 0.3) is 0 Å². The molecular weight excluding hydrogens is 228 g/mol. The van der Waals surface area contributed by atoms with Gasteiger partial charge in [0.05, 0.1) is 5.54 Å². The second-order valence-electron chi connectivity index (χ2n) is 4.92. The quantitative estimate of drug-likeness (QED) is 0.894. The predicted molar refractivity (Wildman–Crippen MR) is 77.9 cm³/mol. The van der Waals surface area contributed by atoms with Gasteiger partial charge in [-0.2, -0.15) is 11.8 Å². The molecule has 1 heterocycles. The Morgan fingerprint density at radius 1 is 1.47 bits per heavy atom. The molecule has 2 atom stereocenters. The Hall–Kier alpha value is -0.670. The number of para-hydroxylation sites is 1. The van der Waals surface area contributed by atoms with Crippen LogP contribution in [-0.4, -0.2) is 30.1 Å². The summed E-state index contributed by atoms with van der Waals surface area (Å²) in [5, 5.41) is 0.595. The minimum Gasteiger partial charge on any atom is -0.366 e. The van der Waals surface area contributed by atoms with Crippen LogP contribution in [-0.2, 0) is 0 Å². The molecule has 17 heavy (non-hydrogen) atoms. The summed E-state index contributed by atoms with van der Waals surface area (Å²) in [6, 6.07) is 8.57. The van der Waals surface area contributed by atoms with Crippen molar-refractivity contribution in [3.05, 3.63) is 29.8 Å². The van der Waals surface area contributed by atoms with Gasteiger partial charge < -0.3 is 10.6 Å². The number of rotatable bonds is 3. The first-order chi connectivity index (χ1) is 8.12. The highest BCUT2D eigenvalue weighted by molar-refractivity contribution is 8.00. The maximum atomic E-state index is 6.09. The molecule has 1 saturated heterocycles. The third-order valence-corrected chi connectivity index (χ3v) is 5.54. The van der Waals surface area contributed by atoms with Gasteiger partial charge in [0.1, 0.15) is 0 Å². The van der Waals surface area contributed by atoms with Crippen molar-refractivity contribution in [3.8, 4) is 0 Å². The van der Waals surface area contributed by atoms with E-state index in [1.165, 1.54) is 23.4 Å². The summed E-state index contributed by atoms with van der Waals surface area (Å²) < 4.78 is 0. The highest BCUT2D eigenvalue weighted by Crippen LogP contribution is 2.41. The zero-order valence-electron chi connectivity index (χ0n) is 10.9. The van der Waals surface area contributed by atoms with E-state index in [4.69, 9.17) is 5.73 Å². The van der Waals surface area contributed by atoms with Crippen LogP contribution in [0.15, 0.2) is 24.3 Å². The zero-order valence-corrected chi connectivity index (χ0v) is 11.8. The lowest BCUT2D eigenvalue weighted by Gasteiger charge is -2.43. The van der Waals surface area contributed by atoms with E-state index in [0.29, 0.717) is 5.25 Å². The number of aryl methyl sites for hydroxylation is 1. The molecule has 1 aromatic rings. The smallest absolute Gasteiger partial charge is 0.0644 e. The van der Waals surface area contributed by atoms with E-state index in [9.17, 15) is 0 Å². The van der Waals surface area contributed by atoms with Gasteiger partial charge in [0.2, 0.25) is 0 Å². The summed E-state index contributed by atoms with van der Waals surface area (Å²) >= 11 is 2.04. The van der Waals surface area contributed by atoms with Gasteiger partial charge in [0.15, 0.2) is 0 Å². The fourth-order valence-corrected chi connectivity index (χ4v) is 4.30. The molecule has 1 aliphatic rings. The van der Waals surface area contributed by atoms with Crippen molar-refractivity contribution < 1.29 is 0 Å². The van der Waals surface area contributed by atoms with Crippen LogP contribution in [0.4, 0.5) is 5.69 Å². The molecule has 2 nitrogen and oxygen atoms in total. The third-order valence-electron chi connectivity index (χ3n) is 4.16. The number of likely N-dealkylation sites (N-methyl/N-ethyl adjacent to an activating group) is 1. The van der Waals surface area contributed by atoms with E-state index in [1.54, 1.807) is 0 Å². The first-order valence-electron chi connectivity index (χ1n) is 6.23. The molecule has 0 bridgehead atoms. The average Bonchev–Trinajstić information content (AvgIpc) is 2.71. The largest absolute Gasteiger partial charge is 0.366 e. The topological polar surface area (TPSA) is 29.3 Å². The Kier molecular flexibility index (Phi) is 3.69. The number of hydrogen-bond donors (Lipinski definition) is 1. The molecule has 0 aliphatic carbocycles. The molecule has 0 radical (unpaired) electrons. The summed E-state index contributed by atoms with van der Waals surface area (Å²) in [5.41, 5.74) is 8.85. The number of nitrogens with zero attached hydrogens (tertiary/aromatic N) is 1. The maximum absolute atomic E-state index is 6.09. The van der Waals surface area contributed by atoms with Crippen LogP contribution in [0.3, 0.4) is 0 Å². The molecule has 0 aromatic heterocycles. The molecular formula is C14H22N2S. The van der Waals surface area contributed by atoms with Gasteiger partial charge in [0.25, 0.3) is 0 Å². The molecule has 0 saturated carbocycles. The monoisotopic (exact) mass is 250 g/mol. The zero-order chi connectivity index (χ0) is 12.5. The van der Waals surface area contributed by atoms with Crippen molar-refractivity contribution in [2.45, 2.75) is 31.1 Å². The summed E-state index contributed by atoms with van der Waals surface area (Å²) in [4.78, 5) is 2.41. The SMILES string of the molecule is Cc1ccccc1N(C)C1(CN)CCSC1C. The molecule has 3 heteroatoms. The second-order valence-corrected chi connectivity index (χ2v) is 6.36. The second kappa shape index (κ2) is 4.91. The molecule has 2 unspecified atom stereocenters. The lowest BCUT2D eigenvalue weighted by molar-refractivity contribution is 0.415. The first-order valence-corrected chi connectivity index (χ1v) is 7.28. The van der Waals surface area contributed by atoms with E-state index in [-0.39, 0.29) is 5.54 Å². The van der Waals surface area contributed by atoms with E-state index in [0.717, 1.165) is 6.54 Å². The van der Waals surface area contributed by atoms with Gasteiger partial charge in [-0.1, -0.05) is 25.1 Å². The van der Waals surface area contributed by atoms with Crippen molar-refractivity contribution in [1.82, 2.24) is 0 Å². The van der Waals surface area contributed by atoms with Crippen molar-refractivity contribution in [2.24, 2.45) is 5.73 Å². The molecule has 94 valence electrons. The van der Waals surface area contributed by atoms with Crippen molar-refractivity contribution >= 4 is 17.4 Å². The molecule has 1 fully saturated rings. The Bertz CT molecular complexity index is 394. The van der Waals surface area contributed by atoms with Gasteiger partial charge >= 0.3 is 0 Å². The highest BCUT2D eigenvalue weighted by Gasteiger charge is 2.43. The standard InChI is InChI=1S/C14H22N2S/c1-11-6-4-5-7-13(11)16(3)14(10-15)8-9-17-12(14)2/h4-7,12H,8-10,15H2,1-3H3. The fraction of sp³-hybridized carbons (Fsp3) is 0.571. The van der Waals surface area contributed by atoms with Crippen LogP contribution in [0.1, 0.15) is 18.9 Å². The van der Waals surface area contributed by atoms with Gasteiger partial charge in [-0.05, 0) is 30.7 Å². The summed E-state index contributed by atoms with van der Waals surface area (Å²) in [5.74, 6) is 1.22. The number of benzene rings is 1. The van der Waals surface area contributed by atoms with E-state index in [2.05, 4.69) is 50.1 Å². The Morgan fingerprint density at radius 3 is 2.71 bits per heavy atom. The van der Waals surface area contributed by atoms with Crippen LogP contribution in [0, 0.1) is 6.92 Å². The molecule has 1 aromatic carbocycles. The van der Waals surface area contributed by atoms with Gasteiger partial charge in [-0.15, -0.1) is 0 Å². The summed E-state index contributed by atoms with van der Waals surface area (Å²) in [7, 11) is 2.19. The lowest BCUT2D eigenvalue weighted by Crippen LogP contribution is -2.56. The molecule has 1 aliphatic heterocycles. The molecule has 2 N–H and O–H groups in total. The number of hydrogen-bond acceptors (Lipinski definition) is 3. The van der Waals surface area contributed by atoms with Crippen LogP contribution in [0.5, 0.6) is 0 Å². The Balaban J connectivity index is 2.36. The molecule has 0 amide bonds. The Labute approximate surface area is 109 Å². The predicted octanol–water partition coefficient (Wildman–Crippen LogP) is 2.65. The lowest BCUT2D eigenvalue weighted by atomic mass is 9.90. The number of anilines is 1. The highest BCUT2D eigenvalue weighted by atomic mass is 32.2. The first kappa shape index (κ1) is 12.8. The van der Waals surface area contributed by atoms with Gasteiger partial charge in [-0.25, -0.2) is 0 Å². The molecule has 0 spiro atoms. The van der Waals surface area contributed by atoms with E-state index in [1.807, 2.05) is 11.8 Å². The van der Waals surface area contributed by atoms with Crippen molar-refractivity contribution in [3.63, 3.8) is 0 Å². The van der Waals surface area contributed by atoms with Crippen LogP contribution in [0.2, 0.25) is 0 Å². The van der Waals surface area contributed by atoms with Crippen molar-refractivity contribution in [1.29, 1.82) is 0 Å². The van der Waals surface area contributed by atoms with Crippen LogP contribution < -0.4 is 10.6 Å². The fourth-order valence-electron chi connectivity index (χ4n) is 2.80.